The molecule has 0 fully saturated rings. The third kappa shape index (κ3) is 2.41. The van der Waals surface area contributed by atoms with Gasteiger partial charge in [-0.2, -0.15) is 11.3 Å². The molecule has 0 amide bonds. The first kappa shape index (κ1) is 12.4. The monoisotopic (exact) mass is 271 g/mol. The van der Waals surface area contributed by atoms with Crippen molar-refractivity contribution in [3.63, 3.8) is 0 Å². The smallest absolute Gasteiger partial charge is 0.137 e. The maximum Gasteiger partial charge on any atom is 0.137 e. The van der Waals surface area contributed by atoms with Crippen molar-refractivity contribution in [3.8, 4) is 0 Å². The second-order valence-electron chi connectivity index (χ2n) is 4.76. The molecule has 0 unspecified atom stereocenters. The fourth-order valence-electron chi connectivity index (χ4n) is 2.26. The van der Waals surface area contributed by atoms with Crippen molar-refractivity contribution in [2.45, 2.75) is 26.9 Å². The standard InChI is InChI=1S/C15H17N3S/c1-11-9-19-10-13(11)7-16-8-14-12(2)17-15-5-3-4-6-18(14)15/h3-6,9-10,16H,7-8H2,1-2H3. The Morgan fingerprint density at radius 3 is 2.89 bits per heavy atom. The van der Waals surface area contributed by atoms with E-state index in [0.717, 1.165) is 24.4 Å². The summed E-state index contributed by atoms with van der Waals surface area (Å²) >= 11 is 1.76. The summed E-state index contributed by atoms with van der Waals surface area (Å²) in [6, 6.07) is 6.11. The van der Waals surface area contributed by atoms with Crippen LogP contribution in [0, 0.1) is 13.8 Å². The topological polar surface area (TPSA) is 29.3 Å². The average molecular weight is 271 g/mol. The summed E-state index contributed by atoms with van der Waals surface area (Å²) in [5, 5.41) is 7.91. The molecule has 0 saturated heterocycles. The van der Waals surface area contributed by atoms with Crippen molar-refractivity contribution >= 4 is 17.0 Å². The minimum Gasteiger partial charge on any atom is -0.307 e. The van der Waals surface area contributed by atoms with Gasteiger partial charge in [0.05, 0.1) is 11.4 Å². The molecule has 0 spiro atoms. The van der Waals surface area contributed by atoms with Crippen LogP contribution in [0.25, 0.3) is 5.65 Å². The molecule has 0 radical (unpaired) electrons. The van der Waals surface area contributed by atoms with Gasteiger partial charge in [0.15, 0.2) is 0 Å². The van der Waals surface area contributed by atoms with E-state index in [4.69, 9.17) is 0 Å². The largest absolute Gasteiger partial charge is 0.307 e. The van der Waals surface area contributed by atoms with Crippen LogP contribution < -0.4 is 5.32 Å². The molecular weight excluding hydrogens is 254 g/mol. The predicted octanol–water partition coefficient (Wildman–Crippen LogP) is 3.30. The van der Waals surface area contributed by atoms with Crippen LogP contribution in [0.2, 0.25) is 0 Å². The summed E-state index contributed by atoms with van der Waals surface area (Å²) in [6.07, 6.45) is 2.07. The Hall–Kier alpha value is -1.65. The molecule has 0 aliphatic rings. The van der Waals surface area contributed by atoms with Crippen molar-refractivity contribution in [2.75, 3.05) is 0 Å². The van der Waals surface area contributed by atoms with Gasteiger partial charge in [0.1, 0.15) is 5.65 Å². The van der Waals surface area contributed by atoms with Crippen LogP contribution in [-0.2, 0) is 13.1 Å². The van der Waals surface area contributed by atoms with Crippen LogP contribution in [0.15, 0.2) is 35.2 Å². The van der Waals surface area contributed by atoms with Crippen LogP contribution >= 0.6 is 11.3 Å². The highest BCUT2D eigenvalue weighted by atomic mass is 32.1. The maximum atomic E-state index is 4.57. The van der Waals surface area contributed by atoms with Crippen molar-refractivity contribution in [1.82, 2.24) is 14.7 Å². The lowest BCUT2D eigenvalue weighted by atomic mass is 10.2. The molecule has 0 atom stereocenters. The normalized spacial score (nSPS) is 11.3. The molecule has 0 aromatic carbocycles. The van der Waals surface area contributed by atoms with Gasteiger partial charge in [0.25, 0.3) is 0 Å². The number of pyridine rings is 1. The highest BCUT2D eigenvalue weighted by Crippen LogP contribution is 2.14. The van der Waals surface area contributed by atoms with Crippen molar-refractivity contribution < 1.29 is 0 Å². The average Bonchev–Trinajstić information content (AvgIpc) is 2.94. The van der Waals surface area contributed by atoms with Crippen LogP contribution in [0.5, 0.6) is 0 Å². The first-order chi connectivity index (χ1) is 9.25. The predicted molar refractivity (Wildman–Crippen MR) is 79.5 cm³/mol. The highest BCUT2D eigenvalue weighted by molar-refractivity contribution is 7.08. The summed E-state index contributed by atoms with van der Waals surface area (Å²) in [6.45, 7) is 5.98. The van der Waals surface area contributed by atoms with E-state index >= 15 is 0 Å². The Bertz CT molecular complexity index is 696. The first-order valence-electron chi connectivity index (χ1n) is 6.40. The lowest BCUT2D eigenvalue weighted by Gasteiger charge is -2.06. The molecule has 3 rings (SSSR count). The summed E-state index contributed by atoms with van der Waals surface area (Å²) in [7, 11) is 0. The van der Waals surface area contributed by atoms with E-state index in [-0.39, 0.29) is 0 Å². The number of fused-ring (bicyclic) bond motifs is 1. The fourth-order valence-corrected chi connectivity index (χ4v) is 3.12. The molecule has 0 bridgehead atoms. The minimum absolute atomic E-state index is 0.840. The lowest BCUT2D eigenvalue weighted by molar-refractivity contribution is 0.671. The number of hydrogen-bond donors (Lipinski definition) is 1. The first-order valence-corrected chi connectivity index (χ1v) is 7.35. The second-order valence-corrected chi connectivity index (χ2v) is 5.50. The molecule has 3 nitrogen and oxygen atoms in total. The van der Waals surface area contributed by atoms with Gasteiger partial charge in [0, 0.05) is 19.3 Å². The number of imidazole rings is 1. The zero-order valence-electron chi connectivity index (χ0n) is 11.2. The molecule has 0 aliphatic carbocycles. The molecule has 0 saturated carbocycles. The molecule has 4 heteroatoms. The van der Waals surface area contributed by atoms with E-state index in [1.54, 1.807) is 11.3 Å². The Labute approximate surface area is 116 Å². The van der Waals surface area contributed by atoms with E-state index in [9.17, 15) is 0 Å². The second kappa shape index (κ2) is 5.15. The van der Waals surface area contributed by atoms with E-state index in [1.165, 1.54) is 16.8 Å². The number of hydrogen-bond acceptors (Lipinski definition) is 3. The summed E-state index contributed by atoms with van der Waals surface area (Å²) in [5.41, 5.74) is 6.11. The van der Waals surface area contributed by atoms with Crippen molar-refractivity contribution in [1.29, 1.82) is 0 Å². The number of rotatable bonds is 4. The van der Waals surface area contributed by atoms with E-state index < -0.39 is 0 Å². The molecule has 3 aromatic heterocycles. The van der Waals surface area contributed by atoms with Crippen LogP contribution in [0.3, 0.4) is 0 Å². The molecule has 1 N–H and O–H groups in total. The van der Waals surface area contributed by atoms with E-state index in [1.807, 2.05) is 18.2 Å². The Balaban J connectivity index is 1.75. The highest BCUT2D eigenvalue weighted by Gasteiger charge is 2.07. The van der Waals surface area contributed by atoms with Gasteiger partial charge in [0.2, 0.25) is 0 Å². The van der Waals surface area contributed by atoms with Crippen LogP contribution in [-0.4, -0.2) is 9.38 Å². The van der Waals surface area contributed by atoms with Gasteiger partial charge in [-0.25, -0.2) is 4.98 Å². The molecule has 0 aliphatic heterocycles. The van der Waals surface area contributed by atoms with Gasteiger partial charge < -0.3 is 9.72 Å². The van der Waals surface area contributed by atoms with Crippen molar-refractivity contribution in [2.24, 2.45) is 0 Å². The summed E-state index contributed by atoms with van der Waals surface area (Å²) < 4.78 is 2.16. The number of nitrogens with one attached hydrogen (secondary N) is 1. The van der Waals surface area contributed by atoms with E-state index in [0.29, 0.717) is 0 Å². The summed E-state index contributed by atoms with van der Waals surface area (Å²) in [5.74, 6) is 0. The van der Waals surface area contributed by atoms with Crippen molar-refractivity contribution in [3.05, 3.63) is 57.7 Å². The van der Waals surface area contributed by atoms with Gasteiger partial charge in [-0.15, -0.1) is 0 Å². The van der Waals surface area contributed by atoms with Crippen LogP contribution in [0.4, 0.5) is 0 Å². The van der Waals surface area contributed by atoms with Gasteiger partial charge >= 0.3 is 0 Å². The molecule has 19 heavy (non-hydrogen) atoms. The van der Waals surface area contributed by atoms with Gasteiger partial charge in [-0.05, 0) is 47.9 Å². The third-order valence-corrected chi connectivity index (χ3v) is 4.31. The molecular formula is C15H17N3S. The quantitative estimate of drug-likeness (QED) is 0.789. The Kier molecular flexibility index (Phi) is 3.36. The van der Waals surface area contributed by atoms with Crippen LogP contribution in [0.1, 0.15) is 22.5 Å². The van der Waals surface area contributed by atoms with Gasteiger partial charge in [-0.1, -0.05) is 6.07 Å². The van der Waals surface area contributed by atoms with E-state index in [2.05, 4.69) is 45.5 Å². The Morgan fingerprint density at radius 2 is 2.11 bits per heavy atom. The van der Waals surface area contributed by atoms with Gasteiger partial charge in [-0.3, -0.25) is 0 Å². The minimum atomic E-state index is 0.840. The molecule has 3 heterocycles. The number of nitrogens with zero attached hydrogens (tertiary/aromatic N) is 2. The number of aromatic nitrogens is 2. The zero-order valence-corrected chi connectivity index (χ0v) is 12.0. The summed E-state index contributed by atoms with van der Waals surface area (Å²) in [4.78, 5) is 4.57. The molecule has 98 valence electrons. The molecule has 3 aromatic rings. The third-order valence-electron chi connectivity index (χ3n) is 3.40. The fraction of sp³-hybridized carbons (Fsp3) is 0.267. The number of aryl methyl sites for hydroxylation is 2. The lowest BCUT2D eigenvalue weighted by Crippen LogP contribution is -2.15. The maximum absolute atomic E-state index is 4.57. The number of thiophene rings is 1. The Morgan fingerprint density at radius 1 is 1.21 bits per heavy atom. The zero-order chi connectivity index (χ0) is 13.2. The SMILES string of the molecule is Cc1cscc1CNCc1c(C)nc2ccccn12.